The van der Waals surface area contributed by atoms with Gasteiger partial charge in [-0.15, -0.1) is 0 Å². The molecule has 0 aliphatic carbocycles. The highest BCUT2D eigenvalue weighted by Gasteiger charge is 2.30. The molecule has 35 heavy (non-hydrogen) atoms. The second-order valence-corrected chi connectivity index (χ2v) is 9.79. The van der Waals surface area contributed by atoms with Gasteiger partial charge in [0.25, 0.3) is 5.91 Å². The maximum Gasteiger partial charge on any atom is 0.257 e. The van der Waals surface area contributed by atoms with Crippen LogP contribution in [0.4, 0.5) is 4.39 Å². The van der Waals surface area contributed by atoms with E-state index >= 15 is 0 Å². The van der Waals surface area contributed by atoms with Crippen LogP contribution in [0.3, 0.4) is 0 Å². The minimum absolute atomic E-state index is 0.0721. The number of halogens is 1. The highest BCUT2D eigenvalue weighted by Crippen LogP contribution is 2.28. The first-order chi connectivity index (χ1) is 16.7. The number of nitrogens with zero attached hydrogens (tertiary/aromatic N) is 3. The third-order valence-corrected chi connectivity index (χ3v) is 6.85. The molecular formula is C28H33FN4O2. The molecule has 0 radical (unpaired) electrons. The molecule has 1 aromatic heterocycles. The van der Waals surface area contributed by atoms with Crippen LogP contribution in [0, 0.1) is 24.6 Å². The van der Waals surface area contributed by atoms with Crippen LogP contribution in [-0.2, 0) is 4.79 Å². The Bertz CT molecular complexity index is 1190. The van der Waals surface area contributed by atoms with Crippen molar-refractivity contribution in [2.24, 2.45) is 11.8 Å². The lowest BCUT2D eigenvalue weighted by Gasteiger charge is -2.32. The Labute approximate surface area is 206 Å². The topological polar surface area (TPSA) is 67.2 Å². The van der Waals surface area contributed by atoms with Crippen LogP contribution in [-0.4, -0.2) is 45.6 Å². The second-order valence-electron chi connectivity index (χ2n) is 9.79. The van der Waals surface area contributed by atoms with Crippen LogP contribution < -0.4 is 5.32 Å². The number of likely N-dealkylation sites (tertiary alicyclic amines) is 1. The van der Waals surface area contributed by atoms with E-state index in [0.717, 1.165) is 11.1 Å². The summed E-state index contributed by atoms with van der Waals surface area (Å²) >= 11 is 0. The van der Waals surface area contributed by atoms with Crippen molar-refractivity contribution < 1.29 is 14.0 Å². The summed E-state index contributed by atoms with van der Waals surface area (Å²) in [6.07, 6.45) is 2.99. The van der Waals surface area contributed by atoms with Gasteiger partial charge in [0.15, 0.2) is 0 Å². The first-order valence-corrected chi connectivity index (χ1v) is 12.2. The zero-order valence-electron chi connectivity index (χ0n) is 20.8. The molecule has 1 fully saturated rings. The fourth-order valence-electron chi connectivity index (χ4n) is 4.29. The number of aryl methyl sites for hydroxylation is 1. The third kappa shape index (κ3) is 5.61. The second kappa shape index (κ2) is 10.4. The number of amides is 2. The van der Waals surface area contributed by atoms with Gasteiger partial charge in [-0.25, -0.2) is 9.07 Å². The van der Waals surface area contributed by atoms with Gasteiger partial charge in [0.1, 0.15) is 11.5 Å². The normalized spacial score (nSPS) is 15.3. The number of piperidine rings is 1. The molecule has 1 atom stereocenters. The van der Waals surface area contributed by atoms with Crippen molar-refractivity contribution in [3.05, 3.63) is 71.7 Å². The first kappa shape index (κ1) is 24.6. The summed E-state index contributed by atoms with van der Waals surface area (Å²) in [5.41, 5.74) is 3.68. The summed E-state index contributed by atoms with van der Waals surface area (Å²) in [6.45, 7) is 9.23. The fraction of sp³-hybridized carbons (Fsp3) is 0.393. The van der Waals surface area contributed by atoms with E-state index in [2.05, 4.69) is 19.2 Å². The highest BCUT2D eigenvalue weighted by atomic mass is 19.1. The average molecular weight is 477 g/mol. The van der Waals surface area contributed by atoms with Crippen LogP contribution in [0.15, 0.2) is 54.7 Å². The molecule has 2 amide bonds. The quantitative estimate of drug-likeness (QED) is 0.544. The Morgan fingerprint density at radius 1 is 1.06 bits per heavy atom. The summed E-state index contributed by atoms with van der Waals surface area (Å²) in [4.78, 5) is 28.1. The van der Waals surface area contributed by atoms with Gasteiger partial charge in [-0.2, -0.15) is 5.10 Å². The van der Waals surface area contributed by atoms with Gasteiger partial charge in [0, 0.05) is 36.8 Å². The number of nitrogens with one attached hydrogen (secondary N) is 1. The Hall–Kier alpha value is -3.48. The standard InChI is InChI=1S/C28H33FN4O2/c1-18(2)20(4)30-27(34)21-12-14-32(15-13-21)28(35)25-17-33(24-10-8-23(29)9-11-24)31-26(25)22-7-5-6-19(3)16-22/h5-11,16-18,20-21H,12-15H2,1-4H3,(H,30,34). The van der Waals surface area contributed by atoms with Gasteiger partial charge in [0.2, 0.25) is 5.91 Å². The Balaban J connectivity index is 1.56. The van der Waals surface area contributed by atoms with Gasteiger partial charge in [-0.1, -0.05) is 37.6 Å². The molecular weight excluding hydrogens is 443 g/mol. The number of carbonyl (C=O) groups excluding carboxylic acids is 2. The van der Waals surface area contributed by atoms with Gasteiger partial charge >= 0.3 is 0 Å². The van der Waals surface area contributed by atoms with E-state index < -0.39 is 0 Å². The molecule has 1 aliphatic heterocycles. The lowest BCUT2D eigenvalue weighted by Crippen LogP contribution is -2.45. The summed E-state index contributed by atoms with van der Waals surface area (Å²) < 4.78 is 15.1. The zero-order valence-corrected chi connectivity index (χ0v) is 20.8. The summed E-state index contributed by atoms with van der Waals surface area (Å²) in [5.74, 6) is -0.0744. The lowest BCUT2D eigenvalue weighted by atomic mass is 9.94. The van der Waals surface area contributed by atoms with Crippen LogP contribution in [0.2, 0.25) is 0 Å². The molecule has 1 saturated heterocycles. The SMILES string of the molecule is Cc1cccc(-c2nn(-c3ccc(F)cc3)cc2C(=O)N2CCC(C(=O)NC(C)C(C)C)CC2)c1. The van der Waals surface area contributed by atoms with Crippen molar-refractivity contribution >= 4 is 11.8 Å². The Kier molecular flexibility index (Phi) is 7.34. The van der Waals surface area contributed by atoms with Crippen molar-refractivity contribution in [2.75, 3.05) is 13.1 Å². The summed E-state index contributed by atoms with van der Waals surface area (Å²) in [7, 11) is 0. The fourth-order valence-corrected chi connectivity index (χ4v) is 4.29. The largest absolute Gasteiger partial charge is 0.353 e. The van der Waals surface area contributed by atoms with Gasteiger partial charge in [-0.3, -0.25) is 9.59 Å². The molecule has 0 bridgehead atoms. The minimum Gasteiger partial charge on any atom is -0.353 e. The van der Waals surface area contributed by atoms with E-state index in [9.17, 15) is 14.0 Å². The molecule has 6 nitrogen and oxygen atoms in total. The number of benzene rings is 2. The third-order valence-electron chi connectivity index (χ3n) is 6.85. The number of carbonyl (C=O) groups is 2. The van der Waals surface area contributed by atoms with Crippen molar-refractivity contribution in [1.29, 1.82) is 0 Å². The van der Waals surface area contributed by atoms with Crippen LogP contribution in [0.25, 0.3) is 16.9 Å². The molecule has 3 aromatic rings. The maximum absolute atomic E-state index is 13.6. The van der Waals surface area contributed by atoms with Gasteiger partial charge in [0.05, 0.1) is 11.3 Å². The monoisotopic (exact) mass is 476 g/mol. The van der Waals surface area contributed by atoms with E-state index in [1.807, 2.05) is 38.1 Å². The van der Waals surface area contributed by atoms with Gasteiger partial charge < -0.3 is 10.2 Å². The van der Waals surface area contributed by atoms with Crippen LogP contribution in [0.5, 0.6) is 0 Å². The van der Waals surface area contributed by atoms with E-state index in [4.69, 9.17) is 5.10 Å². The van der Waals surface area contributed by atoms with E-state index in [1.165, 1.54) is 12.1 Å². The summed E-state index contributed by atoms with van der Waals surface area (Å²) in [6, 6.07) is 14.0. The number of hydrogen-bond acceptors (Lipinski definition) is 3. The Morgan fingerprint density at radius 3 is 2.37 bits per heavy atom. The predicted molar refractivity (Wildman–Crippen MR) is 135 cm³/mol. The van der Waals surface area contributed by atoms with Crippen molar-refractivity contribution in [3.8, 4) is 16.9 Å². The molecule has 184 valence electrons. The molecule has 7 heteroatoms. The highest BCUT2D eigenvalue weighted by molar-refractivity contribution is 6.00. The Morgan fingerprint density at radius 2 is 1.74 bits per heavy atom. The number of aromatic nitrogens is 2. The minimum atomic E-state index is -0.328. The van der Waals surface area contributed by atoms with E-state index in [-0.39, 0.29) is 29.6 Å². The maximum atomic E-state index is 13.6. The van der Waals surface area contributed by atoms with Crippen molar-refractivity contribution in [3.63, 3.8) is 0 Å². The zero-order chi connectivity index (χ0) is 25.1. The smallest absolute Gasteiger partial charge is 0.257 e. The van der Waals surface area contributed by atoms with Crippen molar-refractivity contribution in [1.82, 2.24) is 20.0 Å². The number of rotatable bonds is 6. The van der Waals surface area contributed by atoms with E-state index in [1.54, 1.807) is 27.9 Å². The lowest BCUT2D eigenvalue weighted by molar-refractivity contribution is -0.127. The molecule has 2 aromatic carbocycles. The molecule has 2 heterocycles. The number of hydrogen-bond donors (Lipinski definition) is 1. The van der Waals surface area contributed by atoms with Crippen LogP contribution >= 0.6 is 0 Å². The summed E-state index contributed by atoms with van der Waals surface area (Å²) in [5, 5.41) is 7.82. The molecule has 0 spiro atoms. The average Bonchev–Trinajstić information content (AvgIpc) is 3.29. The van der Waals surface area contributed by atoms with Gasteiger partial charge in [-0.05, 0) is 62.9 Å². The molecule has 0 saturated carbocycles. The molecule has 1 aliphatic rings. The van der Waals surface area contributed by atoms with Crippen LogP contribution in [0.1, 0.15) is 49.5 Å². The molecule has 4 rings (SSSR count). The molecule has 1 N–H and O–H groups in total. The first-order valence-electron chi connectivity index (χ1n) is 12.2. The predicted octanol–water partition coefficient (Wildman–Crippen LogP) is 5.00. The molecule has 1 unspecified atom stereocenters. The van der Waals surface area contributed by atoms with Crippen molar-refractivity contribution in [2.45, 2.75) is 46.6 Å². The van der Waals surface area contributed by atoms with E-state index in [0.29, 0.717) is 48.8 Å².